The number of halogens is 1. The lowest BCUT2D eigenvalue weighted by molar-refractivity contribution is -0.140. The van der Waals surface area contributed by atoms with E-state index < -0.39 is 24.6 Å². The van der Waals surface area contributed by atoms with Crippen LogP contribution in [0.4, 0.5) is 0 Å². The first kappa shape index (κ1) is 28.0. The number of carbonyl (C=O) groups excluding carboxylic acids is 1. The van der Waals surface area contributed by atoms with E-state index in [1.807, 2.05) is 47.0 Å². The van der Waals surface area contributed by atoms with Crippen molar-refractivity contribution >= 4 is 63.3 Å². The second-order valence-corrected chi connectivity index (χ2v) is 11.3. The van der Waals surface area contributed by atoms with Gasteiger partial charge in [0, 0.05) is 4.88 Å². The van der Waals surface area contributed by atoms with Gasteiger partial charge >= 0.3 is 11.9 Å². The number of methoxy groups -OCH3 is 1. The summed E-state index contributed by atoms with van der Waals surface area (Å²) in [7, 11) is 1.46. The van der Waals surface area contributed by atoms with Gasteiger partial charge in [-0.05, 0) is 71.2 Å². The first-order chi connectivity index (χ1) is 18.3. The number of benzene rings is 1. The van der Waals surface area contributed by atoms with Gasteiger partial charge in [0.2, 0.25) is 0 Å². The van der Waals surface area contributed by atoms with E-state index in [0.29, 0.717) is 47.7 Å². The van der Waals surface area contributed by atoms with Crippen LogP contribution >= 0.6 is 45.3 Å². The van der Waals surface area contributed by atoms with Crippen molar-refractivity contribution in [2.45, 2.75) is 32.7 Å². The highest BCUT2D eigenvalue weighted by atomic mass is 127. The van der Waals surface area contributed by atoms with E-state index >= 15 is 0 Å². The monoisotopic (exact) mass is 668 g/mol. The average Bonchev–Trinajstić information content (AvgIpc) is 3.51. The van der Waals surface area contributed by atoms with Gasteiger partial charge in [-0.2, -0.15) is 0 Å². The predicted molar refractivity (Wildman–Crippen MR) is 153 cm³/mol. The molecule has 9 nitrogen and oxygen atoms in total. The molecule has 0 fully saturated rings. The smallest absolute Gasteiger partial charge is 0.341 e. The Balaban J connectivity index is 1.89. The van der Waals surface area contributed by atoms with Crippen molar-refractivity contribution in [2.75, 3.05) is 20.3 Å². The van der Waals surface area contributed by atoms with Crippen LogP contribution in [0.15, 0.2) is 50.7 Å². The molecule has 12 heteroatoms. The van der Waals surface area contributed by atoms with Gasteiger partial charge in [-0.15, -0.1) is 11.3 Å². The summed E-state index contributed by atoms with van der Waals surface area (Å²) in [6.45, 7) is 3.48. The normalized spacial score (nSPS) is 15.2. The van der Waals surface area contributed by atoms with Crippen LogP contribution in [0.3, 0.4) is 0 Å². The van der Waals surface area contributed by atoms with Crippen LogP contribution in [0.2, 0.25) is 0 Å². The maximum Gasteiger partial charge on any atom is 0.341 e. The van der Waals surface area contributed by atoms with Crippen LogP contribution in [0.5, 0.6) is 11.5 Å². The zero-order chi connectivity index (χ0) is 27.4. The van der Waals surface area contributed by atoms with Gasteiger partial charge in [0.05, 0.1) is 33.1 Å². The van der Waals surface area contributed by atoms with E-state index in [0.717, 1.165) is 11.3 Å². The molecule has 0 aliphatic carbocycles. The molecule has 38 heavy (non-hydrogen) atoms. The Bertz CT molecular complexity index is 1570. The van der Waals surface area contributed by atoms with Gasteiger partial charge in [-0.1, -0.05) is 30.7 Å². The van der Waals surface area contributed by atoms with Gasteiger partial charge in [-0.3, -0.25) is 9.36 Å². The Morgan fingerprint density at radius 2 is 2.08 bits per heavy atom. The van der Waals surface area contributed by atoms with Crippen LogP contribution in [0.1, 0.15) is 43.2 Å². The van der Waals surface area contributed by atoms with Gasteiger partial charge < -0.3 is 19.3 Å². The maximum absolute atomic E-state index is 13.8. The van der Waals surface area contributed by atoms with Gasteiger partial charge in [-0.25, -0.2) is 14.6 Å². The Morgan fingerprint density at radius 3 is 2.71 bits per heavy atom. The summed E-state index contributed by atoms with van der Waals surface area (Å²) in [4.78, 5) is 44.0. The van der Waals surface area contributed by atoms with Crippen LogP contribution in [-0.2, 0) is 14.3 Å². The number of carbonyl (C=O) groups is 2. The predicted octanol–water partition coefficient (Wildman–Crippen LogP) is 3.72. The zero-order valence-corrected chi connectivity index (χ0v) is 24.6. The Kier molecular flexibility index (Phi) is 9.05. The number of hydrogen-bond donors (Lipinski definition) is 1. The van der Waals surface area contributed by atoms with E-state index in [2.05, 4.69) is 0 Å². The van der Waals surface area contributed by atoms with Crippen molar-refractivity contribution in [2.24, 2.45) is 4.99 Å². The first-order valence-electron chi connectivity index (χ1n) is 11.8. The minimum absolute atomic E-state index is 0.218. The van der Waals surface area contributed by atoms with Crippen molar-refractivity contribution < 1.29 is 28.9 Å². The van der Waals surface area contributed by atoms with Gasteiger partial charge in [0.15, 0.2) is 22.9 Å². The van der Waals surface area contributed by atoms with Crippen LogP contribution in [0, 0.1) is 3.57 Å². The Morgan fingerprint density at radius 1 is 1.29 bits per heavy atom. The maximum atomic E-state index is 13.8. The average molecular weight is 669 g/mol. The lowest BCUT2D eigenvalue weighted by Crippen LogP contribution is -2.39. The Labute approximate surface area is 239 Å². The molecule has 1 N–H and O–H groups in total. The van der Waals surface area contributed by atoms with E-state index in [4.69, 9.17) is 24.3 Å². The summed E-state index contributed by atoms with van der Waals surface area (Å²) in [6, 6.07) is 6.63. The molecule has 0 unspecified atom stereocenters. The van der Waals surface area contributed by atoms with E-state index in [9.17, 15) is 14.4 Å². The fourth-order valence-electron chi connectivity index (χ4n) is 4.09. The number of thiophene rings is 1. The van der Waals surface area contributed by atoms with E-state index in [-0.39, 0.29) is 12.2 Å². The SMILES string of the molecule is CCCC1=C(C(=O)OCC)[C@H](c2cccs2)n2c(s/c(=C\c3cc(I)c(OCC(=O)O)c(OC)c3)c2=O)=N1. The quantitative estimate of drug-likeness (QED) is 0.259. The summed E-state index contributed by atoms with van der Waals surface area (Å²) >= 11 is 4.75. The molecule has 4 rings (SSSR count). The number of carboxylic acid groups (broad SMARTS) is 1. The molecule has 1 atom stereocenters. The molecule has 2 aromatic heterocycles. The number of aromatic nitrogens is 1. The summed E-state index contributed by atoms with van der Waals surface area (Å²) in [6.07, 6.45) is 3.09. The summed E-state index contributed by atoms with van der Waals surface area (Å²) in [5, 5.41) is 10.9. The molecule has 0 spiro atoms. The van der Waals surface area contributed by atoms with Crippen molar-refractivity contribution in [1.82, 2.24) is 4.57 Å². The molecular formula is C26H25IN2O7S2. The summed E-state index contributed by atoms with van der Waals surface area (Å²) < 4.78 is 18.8. The fraction of sp³-hybridized carbons (Fsp3) is 0.308. The second-order valence-electron chi connectivity index (χ2n) is 8.15. The van der Waals surface area contributed by atoms with Crippen LogP contribution in [-0.4, -0.2) is 41.9 Å². The summed E-state index contributed by atoms with van der Waals surface area (Å²) in [5.74, 6) is -0.903. The number of thiazole rings is 1. The third-order valence-corrected chi connectivity index (χ3v) is 8.30. The molecule has 0 saturated heterocycles. The van der Waals surface area contributed by atoms with E-state index in [1.165, 1.54) is 29.8 Å². The zero-order valence-electron chi connectivity index (χ0n) is 20.9. The van der Waals surface area contributed by atoms with Crippen molar-refractivity contribution in [3.63, 3.8) is 0 Å². The standard InChI is InChI=1S/C26H25IN2O7S2/c1-4-7-16-21(25(33)35-5-2)22(18-8-6-9-37-18)29-24(32)19(38-26(29)28-16)12-14-10-15(27)23(17(11-14)34-3)36-13-20(30)31/h6,8-12,22H,4-5,7,13H2,1-3H3,(H,30,31)/b19-12-/t22-/m0/s1. The van der Waals surface area contributed by atoms with E-state index in [1.54, 1.807) is 29.7 Å². The molecule has 0 radical (unpaired) electrons. The summed E-state index contributed by atoms with van der Waals surface area (Å²) in [5.41, 5.74) is 1.43. The topological polar surface area (TPSA) is 116 Å². The van der Waals surface area contributed by atoms with Crippen molar-refractivity contribution in [1.29, 1.82) is 0 Å². The highest BCUT2D eigenvalue weighted by Gasteiger charge is 2.34. The minimum Gasteiger partial charge on any atom is -0.493 e. The molecule has 1 aliphatic heterocycles. The van der Waals surface area contributed by atoms with Gasteiger partial charge in [0.1, 0.15) is 6.04 Å². The lowest BCUT2D eigenvalue weighted by Gasteiger charge is -2.24. The number of hydrogen-bond acceptors (Lipinski definition) is 9. The molecule has 3 aromatic rings. The molecule has 0 bridgehead atoms. The minimum atomic E-state index is -1.10. The third kappa shape index (κ3) is 5.71. The van der Waals surface area contributed by atoms with Crippen LogP contribution < -0.4 is 24.4 Å². The fourth-order valence-corrected chi connectivity index (χ4v) is 6.71. The highest BCUT2D eigenvalue weighted by Crippen LogP contribution is 2.35. The molecule has 0 amide bonds. The number of nitrogens with zero attached hydrogens (tertiary/aromatic N) is 2. The molecular weight excluding hydrogens is 643 g/mol. The molecule has 3 heterocycles. The molecule has 0 saturated carbocycles. The Hall–Kier alpha value is -2.97. The molecule has 200 valence electrons. The number of carboxylic acids is 1. The van der Waals surface area contributed by atoms with Gasteiger partial charge in [0.25, 0.3) is 5.56 Å². The van der Waals surface area contributed by atoms with Crippen molar-refractivity contribution in [3.8, 4) is 11.5 Å². The molecule has 1 aromatic carbocycles. The number of aliphatic carboxylic acids is 1. The number of fused-ring (bicyclic) bond motifs is 1. The lowest BCUT2D eigenvalue weighted by atomic mass is 9.99. The number of rotatable bonds is 10. The number of esters is 1. The third-order valence-electron chi connectivity index (χ3n) is 5.59. The van der Waals surface area contributed by atoms with Crippen molar-refractivity contribution in [3.05, 3.63) is 74.6 Å². The largest absolute Gasteiger partial charge is 0.493 e. The molecule has 1 aliphatic rings. The number of allylic oxidation sites excluding steroid dienone is 1. The number of ether oxygens (including phenoxy) is 3. The highest BCUT2D eigenvalue weighted by molar-refractivity contribution is 14.1. The first-order valence-corrected chi connectivity index (χ1v) is 14.5. The second kappa shape index (κ2) is 12.3. The van der Waals surface area contributed by atoms with Crippen LogP contribution in [0.25, 0.3) is 6.08 Å².